The molecule has 2 fully saturated rings. The third-order valence-corrected chi connectivity index (χ3v) is 4.82. The first kappa shape index (κ1) is 15.8. The highest BCUT2D eigenvalue weighted by Crippen LogP contribution is 2.40. The van der Waals surface area contributed by atoms with Crippen LogP contribution in [0.4, 0.5) is 0 Å². The van der Waals surface area contributed by atoms with E-state index >= 15 is 0 Å². The molecule has 1 amide bonds. The van der Waals surface area contributed by atoms with Gasteiger partial charge in [0, 0.05) is 31.8 Å². The molecule has 2 aromatic heterocycles. The monoisotopic (exact) mass is 345 g/mol. The summed E-state index contributed by atoms with van der Waals surface area (Å²) in [5.41, 5.74) is -0.903. The third kappa shape index (κ3) is 2.90. The van der Waals surface area contributed by atoms with Gasteiger partial charge in [-0.25, -0.2) is 4.79 Å². The van der Waals surface area contributed by atoms with Gasteiger partial charge in [0.1, 0.15) is 6.54 Å². The number of amides is 1. The van der Waals surface area contributed by atoms with Crippen molar-refractivity contribution in [2.45, 2.75) is 44.2 Å². The number of rotatable bonds is 4. The van der Waals surface area contributed by atoms with Crippen LogP contribution in [0.25, 0.3) is 0 Å². The van der Waals surface area contributed by atoms with Gasteiger partial charge in [0.2, 0.25) is 11.8 Å². The highest BCUT2D eigenvalue weighted by molar-refractivity contribution is 5.76. The maximum Gasteiger partial charge on any atom is 0.331 e. The summed E-state index contributed by atoms with van der Waals surface area (Å²) < 4.78 is 7.53. The largest absolute Gasteiger partial charge is 0.339 e. The summed E-state index contributed by atoms with van der Waals surface area (Å²) in [5.74, 6) is 1.38. The molecule has 0 radical (unpaired) electrons. The molecule has 0 aromatic carbocycles. The molecular weight excluding hydrogens is 326 g/mol. The quantitative estimate of drug-likeness (QED) is 0.782. The van der Waals surface area contributed by atoms with Crippen molar-refractivity contribution in [3.8, 4) is 0 Å². The van der Waals surface area contributed by atoms with E-state index in [1.54, 1.807) is 4.90 Å². The molecular formula is C16H19N5O4. The van der Waals surface area contributed by atoms with Gasteiger partial charge in [-0.05, 0) is 25.7 Å². The second kappa shape index (κ2) is 5.98. The molecule has 0 bridgehead atoms. The molecule has 3 heterocycles. The average molecular weight is 345 g/mol. The van der Waals surface area contributed by atoms with Crippen molar-refractivity contribution in [2.24, 2.45) is 7.05 Å². The van der Waals surface area contributed by atoms with Crippen molar-refractivity contribution in [1.82, 2.24) is 24.2 Å². The Labute approximate surface area is 142 Å². The Morgan fingerprint density at radius 1 is 1.32 bits per heavy atom. The summed E-state index contributed by atoms with van der Waals surface area (Å²) in [6.45, 7) is 0.480. The molecule has 2 aliphatic rings. The molecule has 0 spiro atoms. The van der Waals surface area contributed by atoms with Gasteiger partial charge in [-0.1, -0.05) is 5.16 Å². The predicted octanol–water partition coefficient (Wildman–Crippen LogP) is 0.171. The lowest BCUT2D eigenvalue weighted by Gasteiger charge is -2.22. The van der Waals surface area contributed by atoms with Crippen LogP contribution in [0.5, 0.6) is 0 Å². The maximum atomic E-state index is 12.7. The molecule has 1 saturated carbocycles. The molecule has 132 valence electrons. The Morgan fingerprint density at radius 2 is 2.12 bits per heavy atom. The molecule has 1 unspecified atom stereocenters. The SMILES string of the molecule is Cn1c(=O)ccn(CC(=O)N2CCCC2c2noc(C3CC3)n2)c1=O. The van der Waals surface area contributed by atoms with Gasteiger partial charge in [0.15, 0.2) is 5.82 Å². The molecule has 1 atom stereocenters. The minimum absolute atomic E-state index is 0.114. The second-order valence-corrected chi connectivity index (χ2v) is 6.63. The van der Waals surface area contributed by atoms with Crippen molar-refractivity contribution in [3.05, 3.63) is 44.8 Å². The van der Waals surface area contributed by atoms with Gasteiger partial charge < -0.3 is 9.42 Å². The van der Waals surface area contributed by atoms with E-state index in [-0.39, 0.29) is 18.5 Å². The fraction of sp³-hybridized carbons (Fsp3) is 0.562. The minimum Gasteiger partial charge on any atom is -0.339 e. The van der Waals surface area contributed by atoms with E-state index in [1.807, 2.05) is 0 Å². The second-order valence-electron chi connectivity index (χ2n) is 6.63. The maximum absolute atomic E-state index is 12.7. The predicted molar refractivity (Wildman–Crippen MR) is 85.9 cm³/mol. The first-order valence-electron chi connectivity index (χ1n) is 8.44. The Morgan fingerprint density at radius 3 is 2.88 bits per heavy atom. The third-order valence-electron chi connectivity index (χ3n) is 4.82. The molecule has 1 saturated heterocycles. The first-order valence-corrected chi connectivity index (χ1v) is 8.44. The van der Waals surface area contributed by atoms with E-state index in [1.165, 1.54) is 23.9 Å². The lowest BCUT2D eigenvalue weighted by molar-refractivity contribution is -0.133. The van der Waals surface area contributed by atoms with Crippen molar-refractivity contribution >= 4 is 5.91 Å². The lowest BCUT2D eigenvalue weighted by Crippen LogP contribution is -2.41. The van der Waals surface area contributed by atoms with E-state index in [4.69, 9.17) is 4.52 Å². The molecule has 0 N–H and O–H groups in total. The number of likely N-dealkylation sites (tertiary alicyclic amines) is 1. The van der Waals surface area contributed by atoms with Gasteiger partial charge >= 0.3 is 5.69 Å². The number of nitrogens with zero attached hydrogens (tertiary/aromatic N) is 5. The van der Waals surface area contributed by atoms with E-state index in [0.717, 1.165) is 30.3 Å². The van der Waals surface area contributed by atoms with E-state index < -0.39 is 11.2 Å². The van der Waals surface area contributed by atoms with Crippen LogP contribution in [0, 0.1) is 0 Å². The van der Waals surface area contributed by atoms with Crippen LogP contribution in [-0.2, 0) is 18.4 Å². The Kier molecular flexibility index (Phi) is 3.78. The van der Waals surface area contributed by atoms with Gasteiger partial charge in [0.25, 0.3) is 5.56 Å². The molecule has 4 rings (SSSR count). The summed E-state index contributed by atoms with van der Waals surface area (Å²) in [5, 5.41) is 4.05. The van der Waals surface area contributed by atoms with Crippen molar-refractivity contribution < 1.29 is 9.32 Å². The Bertz CT molecular complexity index is 923. The molecule has 9 nitrogen and oxygen atoms in total. The number of carbonyl (C=O) groups is 1. The van der Waals surface area contributed by atoms with Crippen LogP contribution in [0.1, 0.15) is 49.4 Å². The zero-order valence-corrected chi connectivity index (χ0v) is 13.9. The topological polar surface area (TPSA) is 103 Å². The number of aromatic nitrogens is 4. The summed E-state index contributed by atoms with van der Waals surface area (Å²) in [6.07, 6.45) is 5.13. The Hall–Kier alpha value is -2.71. The summed E-state index contributed by atoms with van der Waals surface area (Å²) >= 11 is 0. The number of hydrogen-bond donors (Lipinski definition) is 0. The van der Waals surface area contributed by atoms with E-state index in [0.29, 0.717) is 24.2 Å². The Balaban J connectivity index is 1.53. The summed E-state index contributed by atoms with van der Waals surface area (Å²) in [6, 6.07) is 1.06. The lowest BCUT2D eigenvalue weighted by atomic mass is 10.2. The highest BCUT2D eigenvalue weighted by Gasteiger charge is 2.36. The molecule has 1 aliphatic carbocycles. The van der Waals surface area contributed by atoms with Crippen LogP contribution in [0.2, 0.25) is 0 Å². The zero-order chi connectivity index (χ0) is 17.6. The molecule has 25 heavy (non-hydrogen) atoms. The molecule has 1 aliphatic heterocycles. The minimum atomic E-state index is -0.507. The van der Waals surface area contributed by atoms with Crippen molar-refractivity contribution in [2.75, 3.05) is 6.54 Å². The normalized spacial score (nSPS) is 20.2. The summed E-state index contributed by atoms with van der Waals surface area (Å²) in [4.78, 5) is 42.4. The smallest absolute Gasteiger partial charge is 0.331 e. The van der Waals surface area contributed by atoms with Crippen LogP contribution in [0.15, 0.2) is 26.4 Å². The zero-order valence-electron chi connectivity index (χ0n) is 13.9. The standard InChI is InChI=1S/C16H19N5O4/c1-19-12(22)6-8-20(16(19)24)9-13(23)21-7-2-3-11(21)14-17-15(25-18-14)10-4-5-10/h6,8,10-11H,2-5,7,9H2,1H3. The van der Waals surface area contributed by atoms with Gasteiger partial charge in [0.05, 0.1) is 6.04 Å². The van der Waals surface area contributed by atoms with Crippen LogP contribution in [0.3, 0.4) is 0 Å². The van der Waals surface area contributed by atoms with Crippen molar-refractivity contribution in [3.63, 3.8) is 0 Å². The van der Waals surface area contributed by atoms with E-state index in [2.05, 4.69) is 10.1 Å². The van der Waals surface area contributed by atoms with Gasteiger partial charge in [-0.3, -0.25) is 18.7 Å². The van der Waals surface area contributed by atoms with Crippen molar-refractivity contribution in [1.29, 1.82) is 0 Å². The molecule has 2 aromatic rings. The van der Waals surface area contributed by atoms with E-state index in [9.17, 15) is 14.4 Å². The van der Waals surface area contributed by atoms with Crippen LogP contribution < -0.4 is 11.2 Å². The van der Waals surface area contributed by atoms with Crippen LogP contribution in [-0.4, -0.2) is 36.6 Å². The number of carbonyl (C=O) groups excluding carboxylic acids is 1. The molecule has 9 heteroatoms. The first-order chi connectivity index (χ1) is 12.0. The van der Waals surface area contributed by atoms with Gasteiger partial charge in [-0.2, -0.15) is 4.98 Å². The summed E-state index contributed by atoms with van der Waals surface area (Å²) in [7, 11) is 1.39. The highest BCUT2D eigenvalue weighted by atomic mass is 16.5. The van der Waals surface area contributed by atoms with Crippen LogP contribution >= 0.6 is 0 Å². The fourth-order valence-corrected chi connectivity index (χ4v) is 3.19. The number of hydrogen-bond acceptors (Lipinski definition) is 6. The van der Waals surface area contributed by atoms with Gasteiger partial charge in [-0.15, -0.1) is 0 Å². The fourth-order valence-electron chi connectivity index (χ4n) is 3.19. The average Bonchev–Trinajstić information content (AvgIpc) is 3.13.